The number of anilines is 1. The second-order valence-corrected chi connectivity index (χ2v) is 8.23. The molecule has 1 aliphatic rings. The Morgan fingerprint density at radius 1 is 1.32 bits per heavy atom. The van der Waals surface area contributed by atoms with Gasteiger partial charge in [-0.15, -0.1) is 0 Å². The number of hydrogen-bond acceptors (Lipinski definition) is 7. The Morgan fingerprint density at radius 2 is 2.06 bits per heavy atom. The summed E-state index contributed by atoms with van der Waals surface area (Å²) in [5, 5.41) is 20.7. The summed E-state index contributed by atoms with van der Waals surface area (Å²) in [6.45, 7) is 5.92. The predicted octanol–water partition coefficient (Wildman–Crippen LogP) is 1.84. The number of nitrogens with two attached hydrogens (primary N) is 1. The highest BCUT2D eigenvalue weighted by Gasteiger charge is 2.25. The third-order valence-corrected chi connectivity index (χ3v) is 5.77. The van der Waals surface area contributed by atoms with Gasteiger partial charge >= 0.3 is 0 Å². The van der Waals surface area contributed by atoms with Crippen LogP contribution in [0.25, 0.3) is 10.9 Å². The lowest BCUT2D eigenvalue weighted by Crippen LogP contribution is -2.47. The lowest BCUT2D eigenvalue weighted by atomic mass is 9.95. The van der Waals surface area contributed by atoms with E-state index in [1.165, 1.54) is 0 Å². The first kappa shape index (κ1) is 23.4. The van der Waals surface area contributed by atoms with Crippen LogP contribution in [0, 0.1) is 5.92 Å². The molecule has 0 saturated carbocycles. The average molecular weight is 430 g/mol. The highest BCUT2D eigenvalue weighted by molar-refractivity contribution is 6.02. The third kappa shape index (κ3) is 6.36. The van der Waals surface area contributed by atoms with Gasteiger partial charge in [-0.25, -0.2) is 4.98 Å². The maximum Gasteiger partial charge on any atom is 0.256 e. The fraction of sp³-hybridized carbons (Fsp3) is 0.565. The molecule has 3 unspecified atom stereocenters. The number of aromatic nitrogens is 1. The van der Waals surface area contributed by atoms with Crippen molar-refractivity contribution in [1.29, 1.82) is 0 Å². The molecule has 1 aliphatic heterocycles. The summed E-state index contributed by atoms with van der Waals surface area (Å²) in [5.74, 6) is 0.199. The first-order chi connectivity index (χ1) is 15.0. The van der Waals surface area contributed by atoms with Gasteiger partial charge in [0.2, 0.25) is 0 Å². The first-order valence-corrected chi connectivity index (χ1v) is 11.2. The molecule has 31 heavy (non-hydrogen) atoms. The molecule has 2 heterocycles. The van der Waals surface area contributed by atoms with Gasteiger partial charge in [-0.05, 0) is 38.3 Å². The number of rotatable bonds is 10. The maximum atomic E-state index is 12.7. The van der Waals surface area contributed by atoms with Crippen molar-refractivity contribution >= 4 is 22.6 Å². The van der Waals surface area contributed by atoms with Crippen molar-refractivity contribution in [3.63, 3.8) is 0 Å². The van der Waals surface area contributed by atoms with Crippen molar-refractivity contribution in [2.75, 3.05) is 31.7 Å². The van der Waals surface area contributed by atoms with Crippen LogP contribution in [0.5, 0.6) is 0 Å². The average Bonchev–Trinajstić information content (AvgIpc) is 2.78. The minimum atomic E-state index is -0.467. The zero-order chi connectivity index (χ0) is 22.2. The molecule has 8 nitrogen and oxygen atoms in total. The molecule has 0 spiro atoms. The third-order valence-electron chi connectivity index (χ3n) is 5.77. The molecule has 0 radical (unpaired) electrons. The normalized spacial score (nSPS) is 17.8. The number of nitrogens with zero attached hydrogens (tertiary/aromatic N) is 1. The second kappa shape index (κ2) is 11.4. The van der Waals surface area contributed by atoms with E-state index in [0.717, 1.165) is 43.4 Å². The Bertz CT molecular complexity index is 854. The van der Waals surface area contributed by atoms with Gasteiger partial charge in [0, 0.05) is 49.8 Å². The monoisotopic (exact) mass is 429 g/mol. The summed E-state index contributed by atoms with van der Waals surface area (Å²) >= 11 is 0. The van der Waals surface area contributed by atoms with Gasteiger partial charge in [0.05, 0.1) is 17.2 Å². The number of aliphatic hydroxyl groups is 1. The number of aliphatic hydroxyl groups excluding tert-OH is 1. The summed E-state index contributed by atoms with van der Waals surface area (Å²) < 4.78 is 5.45. The summed E-state index contributed by atoms with van der Waals surface area (Å²) in [6, 6.07) is 10.1. The fourth-order valence-electron chi connectivity index (χ4n) is 4.02. The van der Waals surface area contributed by atoms with Gasteiger partial charge in [-0.3, -0.25) is 4.79 Å². The van der Waals surface area contributed by atoms with Gasteiger partial charge in [0.15, 0.2) is 0 Å². The number of benzene rings is 1. The molecular formula is C23H35N5O3. The summed E-state index contributed by atoms with van der Waals surface area (Å²) in [5.41, 5.74) is 7.00. The van der Waals surface area contributed by atoms with Crippen molar-refractivity contribution in [2.45, 2.75) is 51.4 Å². The zero-order valence-corrected chi connectivity index (χ0v) is 18.4. The van der Waals surface area contributed by atoms with Crippen LogP contribution in [0.15, 0.2) is 30.3 Å². The highest BCUT2D eigenvalue weighted by Crippen LogP contribution is 2.22. The number of amides is 1. The Morgan fingerprint density at radius 3 is 2.74 bits per heavy atom. The van der Waals surface area contributed by atoms with Crippen molar-refractivity contribution in [2.24, 2.45) is 11.7 Å². The largest absolute Gasteiger partial charge is 0.396 e. The van der Waals surface area contributed by atoms with Crippen LogP contribution in [-0.4, -0.2) is 60.6 Å². The summed E-state index contributed by atoms with van der Waals surface area (Å²) in [6.07, 6.45) is 2.39. The quantitative estimate of drug-likeness (QED) is 0.365. The van der Waals surface area contributed by atoms with E-state index in [-0.39, 0.29) is 24.5 Å². The van der Waals surface area contributed by atoms with Gasteiger partial charge in [-0.2, -0.15) is 0 Å². The van der Waals surface area contributed by atoms with E-state index < -0.39 is 6.17 Å². The number of nitrogens with one attached hydrogen (secondary N) is 3. The van der Waals surface area contributed by atoms with E-state index in [0.29, 0.717) is 24.0 Å². The molecule has 1 fully saturated rings. The van der Waals surface area contributed by atoms with Crippen molar-refractivity contribution in [3.05, 3.63) is 35.9 Å². The molecule has 6 N–H and O–H groups in total. The van der Waals surface area contributed by atoms with Crippen LogP contribution in [0.1, 0.15) is 43.5 Å². The maximum absolute atomic E-state index is 12.7. The Kier molecular flexibility index (Phi) is 8.60. The summed E-state index contributed by atoms with van der Waals surface area (Å²) in [7, 11) is 0. The minimum absolute atomic E-state index is 0.0227. The lowest BCUT2D eigenvalue weighted by molar-refractivity contribution is 0.0695. The van der Waals surface area contributed by atoms with Crippen LogP contribution >= 0.6 is 0 Å². The van der Waals surface area contributed by atoms with E-state index >= 15 is 0 Å². The van der Waals surface area contributed by atoms with Crippen LogP contribution < -0.4 is 21.7 Å². The summed E-state index contributed by atoms with van der Waals surface area (Å²) in [4.78, 5) is 17.4. The van der Waals surface area contributed by atoms with Gasteiger partial charge in [-0.1, -0.05) is 25.1 Å². The standard InChI is InChI=1S/C23H35N5O3/c1-3-20(27-18-8-10-31-11-9-18)17(14-29)13-25-22-19(23(30)26-15(2)24)12-16-6-4-5-7-21(16)28-22/h4-7,12,15,17-18,20,27,29H,3,8-11,13-14,24H2,1-2H3,(H,25,28)(H,26,30). The fourth-order valence-corrected chi connectivity index (χ4v) is 4.02. The molecule has 3 atom stereocenters. The number of carbonyl (C=O) groups is 1. The number of ether oxygens (including phenoxy) is 1. The number of carbonyl (C=O) groups excluding carboxylic acids is 1. The minimum Gasteiger partial charge on any atom is -0.396 e. The molecule has 170 valence electrons. The molecule has 1 aromatic heterocycles. The van der Waals surface area contributed by atoms with Crippen molar-refractivity contribution in [3.8, 4) is 0 Å². The lowest BCUT2D eigenvalue weighted by Gasteiger charge is -2.32. The molecular weight excluding hydrogens is 394 g/mol. The number of pyridine rings is 1. The molecule has 0 bridgehead atoms. The van der Waals surface area contributed by atoms with E-state index in [9.17, 15) is 9.90 Å². The number of para-hydroxylation sites is 1. The topological polar surface area (TPSA) is 122 Å². The van der Waals surface area contributed by atoms with Crippen molar-refractivity contribution in [1.82, 2.24) is 15.6 Å². The molecule has 3 rings (SSSR count). The van der Waals surface area contributed by atoms with Crippen LogP contribution in [0.2, 0.25) is 0 Å². The van der Waals surface area contributed by atoms with Crippen LogP contribution in [0.3, 0.4) is 0 Å². The molecule has 1 amide bonds. The number of fused-ring (bicyclic) bond motifs is 1. The molecule has 2 aromatic rings. The van der Waals surface area contributed by atoms with Gasteiger partial charge in [0.1, 0.15) is 5.82 Å². The van der Waals surface area contributed by atoms with Crippen LogP contribution in [-0.2, 0) is 4.74 Å². The highest BCUT2D eigenvalue weighted by atomic mass is 16.5. The van der Waals surface area contributed by atoms with E-state index in [2.05, 4.69) is 27.9 Å². The molecule has 1 saturated heterocycles. The smallest absolute Gasteiger partial charge is 0.256 e. The molecule has 0 aliphatic carbocycles. The Labute approximate surface area is 183 Å². The predicted molar refractivity (Wildman–Crippen MR) is 123 cm³/mol. The van der Waals surface area contributed by atoms with E-state index in [1.807, 2.05) is 30.3 Å². The zero-order valence-electron chi connectivity index (χ0n) is 18.4. The Hall–Kier alpha value is -2.26. The second-order valence-electron chi connectivity index (χ2n) is 8.23. The van der Waals surface area contributed by atoms with Gasteiger partial charge < -0.3 is 31.5 Å². The van der Waals surface area contributed by atoms with Crippen LogP contribution in [0.4, 0.5) is 5.82 Å². The van der Waals surface area contributed by atoms with E-state index in [1.54, 1.807) is 6.92 Å². The first-order valence-electron chi connectivity index (χ1n) is 11.2. The van der Waals surface area contributed by atoms with Crippen molar-refractivity contribution < 1.29 is 14.6 Å². The molecule has 1 aromatic carbocycles. The van der Waals surface area contributed by atoms with E-state index in [4.69, 9.17) is 10.5 Å². The SMILES string of the molecule is CCC(NC1CCOCC1)C(CO)CNc1nc2ccccc2cc1C(=O)NC(C)N. The number of hydrogen-bond donors (Lipinski definition) is 5. The van der Waals surface area contributed by atoms with Gasteiger partial charge in [0.25, 0.3) is 5.91 Å². The Balaban J connectivity index is 1.77. The molecule has 8 heteroatoms.